The van der Waals surface area contributed by atoms with E-state index in [4.69, 9.17) is 0 Å². The Morgan fingerprint density at radius 1 is 1.12 bits per heavy atom. The molecule has 1 aromatic carbocycles. The molecular weight excluding hydrogens is 326 g/mol. The average Bonchev–Trinajstić information content (AvgIpc) is 3.40. The second kappa shape index (κ2) is 7.39. The Kier molecular flexibility index (Phi) is 4.98. The number of carbonyl (C=O) groups excluding carboxylic acids is 2. The van der Waals surface area contributed by atoms with E-state index >= 15 is 0 Å². The summed E-state index contributed by atoms with van der Waals surface area (Å²) in [5.74, 6) is 1.11. The van der Waals surface area contributed by atoms with Crippen LogP contribution in [-0.2, 0) is 4.79 Å². The van der Waals surface area contributed by atoms with Gasteiger partial charge in [-0.2, -0.15) is 0 Å². The Balaban J connectivity index is 1.20. The molecule has 1 atom stereocenters. The summed E-state index contributed by atoms with van der Waals surface area (Å²) in [4.78, 5) is 26.9. The number of piperidine rings is 2. The Morgan fingerprint density at radius 2 is 1.81 bits per heavy atom. The van der Waals surface area contributed by atoms with Crippen LogP contribution >= 0.6 is 0 Å². The highest BCUT2D eigenvalue weighted by atomic mass is 16.2. The lowest BCUT2D eigenvalue weighted by molar-refractivity contribution is -0.123. The molecule has 2 aliphatic heterocycles. The zero-order chi connectivity index (χ0) is 18.0. The first kappa shape index (κ1) is 17.5. The van der Waals surface area contributed by atoms with E-state index in [0.717, 1.165) is 70.4 Å². The number of amides is 2. The van der Waals surface area contributed by atoms with E-state index in [1.807, 2.05) is 35.2 Å². The summed E-state index contributed by atoms with van der Waals surface area (Å²) in [6.07, 6.45) is 5.30. The largest absolute Gasteiger partial charge is 0.356 e. The van der Waals surface area contributed by atoms with E-state index < -0.39 is 0 Å². The molecule has 2 N–H and O–H groups in total. The molecule has 26 heavy (non-hydrogen) atoms. The van der Waals surface area contributed by atoms with Crippen molar-refractivity contribution >= 4 is 11.8 Å². The average molecular weight is 355 g/mol. The number of benzene rings is 1. The third kappa shape index (κ3) is 3.63. The molecule has 1 aliphatic carbocycles. The van der Waals surface area contributed by atoms with Gasteiger partial charge < -0.3 is 15.5 Å². The predicted octanol–water partition coefficient (Wildman–Crippen LogP) is 2.04. The molecule has 1 saturated carbocycles. The van der Waals surface area contributed by atoms with E-state index in [9.17, 15) is 9.59 Å². The van der Waals surface area contributed by atoms with E-state index in [1.165, 1.54) is 0 Å². The van der Waals surface area contributed by atoms with Gasteiger partial charge >= 0.3 is 0 Å². The van der Waals surface area contributed by atoms with E-state index in [0.29, 0.717) is 11.3 Å². The maximum Gasteiger partial charge on any atom is 0.253 e. The minimum Gasteiger partial charge on any atom is -0.356 e. The van der Waals surface area contributed by atoms with Crippen LogP contribution in [0.4, 0.5) is 0 Å². The zero-order valence-corrected chi connectivity index (χ0v) is 15.4. The first-order valence-electron chi connectivity index (χ1n) is 10.0. The fraction of sp³-hybridized carbons (Fsp3) is 0.619. The highest BCUT2D eigenvalue weighted by molar-refractivity contribution is 5.94. The minimum atomic E-state index is 0.124. The lowest BCUT2D eigenvalue weighted by Gasteiger charge is -2.32. The summed E-state index contributed by atoms with van der Waals surface area (Å²) in [6, 6.07) is 9.49. The van der Waals surface area contributed by atoms with Gasteiger partial charge in [0.15, 0.2) is 0 Å². The van der Waals surface area contributed by atoms with Gasteiger partial charge in [-0.05, 0) is 68.7 Å². The van der Waals surface area contributed by atoms with Crippen LogP contribution in [0.5, 0.6) is 0 Å². The molecule has 2 saturated heterocycles. The molecular formula is C21H29N3O2. The molecule has 3 fully saturated rings. The van der Waals surface area contributed by atoms with Crippen molar-refractivity contribution in [2.45, 2.75) is 32.1 Å². The van der Waals surface area contributed by atoms with E-state index in [-0.39, 0.29) is 17.7 Å². The first-order chi connectivity index (χ1) is 12.7. The standard InChI is InChI=1S/C21H29N3O2/c25-19(18-14-21(18)8-10-22-11-9-21)23-15-16-6-12-24(13-7-16)20(26)17-4-2-1-3-5-17/h1-5,16,18,22H,6-15H2,(H,23,25). The lowest BCUT2D eigenvalue weighted by atomic mass is 9.91. The summed E-state index contributed by atoms with van der Waals surface area (Å²) in [7, 11) is 0. The fourth-order valence-corrected chi connectivity index (χ4v) is 4.67. The van der Waals surface area contributed by atoms with Gasteiger partial charge in [-0.1, -0.05) is 18.2 Å². The predicted molar refractivity (Wildman–Crippen MR) is 101 cm³/mol. The number of hydrogen-bond acceptors (Lipinski definition) is 3. The van der Waals surface area contributed by atoms with Crippen molar-refractivity contribution in [3.8, 4) is 0 Å². The topological polar surface area (TPSA) is 61.4 Å². The maximum atomic E-state index is 12.5. The summed E-state index contributed by atoms with van der Waals surface area (Å²) < 4.78 is 0. The Hall–Kier alpha value is -1.88. The molecule has 1 spiro atoms. The SMILES string of the molecule is O=C(NCC1CCN(C(=O)c2ccccc2)CC1)C1CC12CCNCC2. The molecule has 0 bridgehead atoms. The second-order valence-corrected chi connectivity index (χ2v) is 8.22. The smallest absolute Gasteiger partial charge is 0.253 e. The van der Waals surface area contributed by atoms with Crippen LogP contribution in [0.3, 0.4) is 0 Å². The van der Waals surface area contributed by atoms with Gasteiger partial charge in [0.25, 0.3) is 5.91 Å². The molecule has 4 rings (SSSR count). The van der Waals surface area contributed by atoms with Crippen LogP contribution in [-0.4, -0.2) is 49.4 Å². The summed E-state index contributed by atoms with van der Waals surface area (Å²) in [5, 5.41) is 6.58. The van der Waals surface area contributed by atoms with Gasteiger partial charge in [0, 0.05) is 31.1 Å². The van der Waals surface area contributed by atoms with Crippen molar-refractivity contribution in [2.75, 3.05) is 32.7 Å². The van der Waals surface area contributed by atoms with Crippen LogP contribution in [0.25, 0.3) is 0 Å². The van der Waals surface area contributed by atoms with E-state index in [2.05, 4.69) is 10.6 Å². The molecule has 140 valence electrons. The molecule has 1 unspecified atom stereocenters. The third-order valence-electron chi connectivity index (χ3n) is 6.59. The first-order valence-corrected chi connectivity index (χ1v) is 10.0. The molecule has 0 aromatic heterocycles. The van der Waals surface area contributed by atoms with Gasteiger partial charge in [-0.15, -0.1) is 0 Å². The van der Waals surface area contributed by atoms with Crippen LogP contribution in [0, 0.1) is 17.3 Å². The number of rotatable bonds is 4. The molecule has 1 aromatic rings. The van der Waals surface area contributed by atoms with Crippen molar-refractivity contribution in [3.63, 3.8) is 0 Å². The van der Waals surface area contributed by atoms with Crippen LogP contribution in [0.2, 0.25) is 0 Å². The van der Waals surface area contributed by atoms with Crippen LogP contribution in [0.15, 0.2) is 30.3 Å². The Morgan fingerprint density at radius 3 is 2.50 bits per heavy atom. The number of likely N-dealkylation sites (tertiary alicyclic amines) is 1. The molecule has 0 radical (unpaired) electrons. The summed E-state index contributed by atoms with van der Waals surface area (Å²) in [6.45, 7) is 4.44. The van der Waals surface area contributed by atoms with Crippen molar-refractivity contribution in [3.05, 3.63) is 35.9 Å². The molecule has 2 heterocycles. The highest BCUT2D eigenvalue weighted by Gasteiger charge is 2.57. The molecule has 2 amide bonds. The van der Waals surface area contributed by atoms with Crippen LogP contribution < -0.4 is 10.6 Å². The monoisotopic (exact) mass is 355 g/mol. The molecule has 5 nitrogen and oxygen atoms in total. The van der Waals surface area contributed by atoms with Gasteiger partial charge in [0.1, 0.15) is 0 Å². The zero-order valence-electron chi connectivity index (χ0n) is 15.4. The number of nitrogens with zero attached hydrogens (tertiary/aromatic N) is 1. The quantitative estimate of drug-likeness (QED) is 0.869. The van der Waals surface area contributed by atoms with Crippen molar-refractivity contribution in [2.24, 2.45) is 17.3 Å². The third-order valence-corrected chi connectivity index (χ3v) is 6.59. The highest BCUT2D eigenvalue weighted by Crippen LogP contribution is 2.58. The second-order valence-electron chi connectivity index (χ2n) is 8.22. The number of carbonyl (C=O) groups is 2. The number of nitrogens with one attached hydrogen (secondary N) is 2. The maximum absolute atomic E-state index is 12.5. The summed E-state index contributed by atoms with van der Waals surface area (Å²) in [5.41, 5.74) is 1.07. The van der Waals surface area contributed by atoms with Gasteiger partial charge in [0.2, 0.25) is 5.91 Å². The Bertz CT molecular complexity index is 646. The van der Waals surface area contributed by atoms with Gasteiger partial charge in [0.05, 0.1) is 0 Å². The van der Waals surface area contributed by atoms with Crippen LogP contribution in [0.1, 0.15) is 42.5 Å². The van der Waals surface area contributed by atoms with E-state index in [1.54, 1.807) is 0 Å². The summed E-state index contributed by atoms with van der Waals surface area (Å²) >= 11 is 0. The normalized spacial score (nSPS) is 25.1. The molecule has 3 aliphatic rings. The minimum absolute atomic E-state index is 0.124. The molecule has 5 heteroatoms. The van der Waals surface area contributed by atoms with Gasteiger partial charge in [-0.3, -0.25) is 9.59 Å². The van der Waals surface area contributed by atoms with Crippen molar-refractivity contribution in [1.29, 1.82) is 0 Å². The van der Waals surface area contributed by atoms with Crippen molar-refractivity contribution in [1.82, 2.24) is 15.5 Å². The van der Waals surface area contributed by atoms with Gasteiger partial charge in [-0.25, -0.2) is 0 Å². The number of hydrogen-bond donors (Lipinski definition) is 2. The lowest BCUT2D eigenvalue weighted by Crippen LogP contribution is -2.42. The van der Waals surface area contributed by atoms with Crippen molar-refractivity contribution < 1.29 is 9.59 Å². The fourth-order valence-electron chi connectivity index (χ4n) is 4.67. The Labute approximate surface area is 155 Å².